The fourth-order valence-electron chi connectivity index (χ4n) is 2.79. The number of rotatable bonds is 6. The Morgan fingerprint density at radius 3 is 2.61 bits per heavy atom. The van der Waals surface area contributed by atoms with Gasteiger partial charge in [0.25, 0.3) is 0 Å². The lowest BCUT2D eigenvalue weighted by molar-refractivity contribution is -0.174. The first-order valence-electron chi connectivity index (χ1n) is 6.95. The lowest BCUT2D eigenvalue weighted by atomic mass is 9.75. The highest BCUT2D eigenvalue weighted by molar-refractivity contribution is 5.66. The molecule has 0 aromatic heterocycles. The Hall–Kier alpha value is -0.610. The summed E-state index contributed by atoms with van der Waals surface area (Å²) >= 11 is 0. The lowest BCUT2D eigenvalue weighted by Gasteiger charge is -2.38. The van der Waals surface area contributed by atoms with E-state index in [1.54, 1.807) is 0 Å². The molecule has 4 atom stereocenters. The second-order valence-electron chi connectivity index (χ2n) is 5.89. The molecule has 4 nitrogen and oxygen atoms in total. The van der Waals surface area contributed by atoms with Crippen LogP contribution in [-0.2, 0) is 9.53 Å². The van der Waals surface area contributed by atoms with Crippen LogP contribution in [0.15, 0.2) is 0 Å². The highest BCUT2D eigenvalue weighted by Crippen LogP contribution is 2.35. The van der Waals surface area contributed by atoms with Gasteiger partial charge in [0.15, 0.2) is 6.29 Å². The molecule has 106 valence electrons. The minimum Gasteiger partial charge on any atom is -0.481 e. The largest absolute Gasteiger partial charge is 0.481 e. The number of ether oxygens (including phenoxy) is 1. The number of carboxylic acids is 1. The minimum atomic E-state index is -0.947. The number of aliphatic hydroxyl groups is 1. The maximum Gasteiger partial charge on any atom is 0.303 e. The van der Waals surface area contributed by atoms with Crippen LogP contribution in [0.4, 0.5) is 0 Å². The van der Waals surface area contributed by atoms with Crippen molar-refractivity contribution in [3.63, 3.8) is 0 Å². The highest BCUT2D eigenvalue weighted by atomic mass is 16.6. The van der Waals surface area contributed by atoms with E-state index in [0.717, 1.165) is 12.8 Å². The average Bonchev–Trinajstić information content (AvgIpc) is 2.26. The molecule has 0 aromatic carbocycles. The van der Waals surface area contributed by atoms with Gasteiger partial charge in [-0.3, -0.25) is 4.79 Å². The molecular formula is C14H26O4. The van der Waals surface area contributed by atoms with E-state index in [0.29, 0.717) is 17.8 Å². The Morgan fingerprint density at radius 1 is 1.39 bits per heavy atom. The van der Waals surface area contributed by atoms with E-state index in [9.17, 15) is 9.90 Å². The fourth-order valence-corrected chi connectivity index (χ4v) is 2.79. The molecule has 1 fully saturated rings. The van der Waals surface area contributed by atoms with Gasteiger partial charge in [-0.2, -0.15) is 0 Å². The number of carbonyl (C=O) groups is 1. The van der Waals surface area contributed by atoms with Crippen LogP contribution in [0, 0.1) is 17.8 Å². The van der Waals surface area contributed by atoms with Crippen molar-refractivity contribution in [2.24, 2.45) is 17.8 Å². The first-order valence-corrected chi connectivity index (χ1v) is 6.95. The van der Waals surface area contributed by atoms with E-state index in [2.05, 4.69) is 20.8 Å². The topological polar surface area (TPSA) is 66.8 Å². The molecule has 0 heterocycles. The molecule has 0 saturated heterocycles. The molecule has 1 rings (SSSR count). The van der Waals surface area contributed by atoms with Gasteiger partial charge >= 0.3 is 5.97 Å². The van der Waals surface area contributed by atoms with Crippen LogP contribution in [0.1, 0.15) is 52.9 Å². The smallest absolute Gasteiger partial charge is 0.303 e. The van der Waals surface area contributed by atoms with E-state index in [1.807, 2.05) is 0 Å². The first-order chi connectivity index (χ1) is 8.40. The Kier molecular flexibility index (Phi) is 6.09. The standard InChI is InChI=1S/C14H26O4/c1-9(2)11-5-4-10(3)8-12(11)18-14(17)7-6-13(15)16/h9-12,14,17H,4-8H2,1-3H3,(H,15,16)/t10-,11+,12-,14?/m1/s1. The van der Waals surface area contributed by atoms with E-state index >= 15 is 0 Å². The first kappa shape index (κ1) is 15.4. The summed E-state index contributed by atoms with van der Waals surface area (Å²) < 4.78 is 5.68. The minimum absolute atomic E-state index is 0.0458. The van der Waals surface area contributed by atoms with E-state index in [4.69, 9.17) is 9.84 Å². The van der Waals surface area contributed by atoms with E-state index < -0.39 is 12.3 Å². The average molecular weight is 258 g/mol. The summed E-state index contributed by atoms with van der Waals surface area (Å²) in [7, 11) is 0. The molecular weight excluding hydrogens is 232 g/mol. The molecule has 4 heteroatoms. The molecule has 1 unspecified atom stereocenters. The number of aliphatic hydroxyl groups excluding tert-OH is 1. The molecule has 0 bridgehead atoms. The monoisotopic (exact) mass is 258 g/mol. The second kappa shape index (κ2) is 7.10. The van der Waals surface area contributed by atoms with Crippen molar-refractivity contribution >= 4 is 5.97 Å². The molecule has 0 amide bonds. The molecule has 0 spiro atoms. The SMILES string of the molecule is CC(C)[C@@H]1CC[C@@H](C)C[C@H]1OC(O)CCC(=O)O. The van der Waals surface area contributed by atoms with Crippen molar-refractivity contribution in [2.75, 3.05) is 0 Å². The quantitative estimate of drug-likeness (QED) is 0.719. The molecule has 18 heavy (non-hydrogen) atoms. The van der Waals surface area contributed by atoms with Crippen molar-refractivity contribution in [1.29, 1.82) is 0 Å². The van der Waals surface area contributed by atoms with Gasteiger partial charge in [-0.15, -0.1) is 0 Å². The number of hydrogen-bond acceptors (Lipinski definition) is 3. The third-order valence-electron chi connectivity index (χ3n) is 3.90. The summed E-state index contributed by atoms with van der Waals surface area (Å²) in [6.45, 7) is 6.57. The van der Waals surface area contributed by atoms with Gasteiger partial charge in [0.1, 0.15) is 0 Å². The summed E-state index contributed by atoms with van der Waals surface area (Å²) in [6, 6.07) is 0. The van der Waals surface area contributed by atoms with Crippen LogP contribution in [0.3, 0.4) is 0 Å². The predicted octanol–water partition coefficient (Wildman–Crippen LogP) is 2.65. The van der Waals surface area contributed by atoms with Gasteiger partial charge in [-0.1, -0.05) is 27.2 Å². The van der Waals surface area contributed by atoms with Gasteiger partial charge in [0.2, 0.25) is 0 Å². The zero-order valence-corrected chi connectivity index (χ0v) is 11.6. The van der Waals surface area contributed by atoms with Crippen molar-refractivity contribution in [2.45, 2.75) is 65.3 Å². The Labute approximate surface area is 109 Å². The van der Waals surface area contributed by atoms with Crippen LogP contribution >= 0.6 is 0 Å². The third kappa shape index (κ3) is 4.94. The highest BCUT2D eigenvalue weighted by Gasteiger charge is 2.32. The molecule has 0 aliphatic heterocycles. The van der Waals surface area contributed by atoms with Gasteiger partial charge in [-0.05, 0) is 30.6 Å². The van der Waals surface area contributed by atoms with E-state index in [1.165, 1.54) is 6.42 Å². The van der Waals surface area contributed by atoms with Crippen LogP contribution in [-0.4, -0.2) is 28.6 Å². The van der Waals surface area contributed by atoms with Crippen molar-refractivity contribution in [3.8, 4) is 0 Å². The molecule has 1 aliphatic carbocycles. The fraction of sp³-hybridized carbons (Fsp3) is 0.929. The second-order valence-corrected chi connectivity index (χ2v) is 5.89. The van der Waals surface area contributed by atoms with Gasteiger partial charge in [0.05, 0.1) is 12.5 Å². The third-order valence-corrected chi connectivity index (χ3v) is 3.90. The molecule has 1 saturated carbocycles. The molecule has 0 radical (unpaired) electrons. The number of carboxylic acid groups (broad SMARTS) is 1. The normalized spacial score (nSPS) is 30.4. The maximum atomic E-state index is 10.5. The van der Waals surface area contributed by atoms with Crippen LogP contribution in [0.25, 0.3) is 0 Å². The summed E-state index contributed by atoms with van der Waals surface area (Å²) in [5.41, 5.74) is 0. The summed E-state index contributed by atoms with van der Waals surface area (Å²) in [5, 5.41) is 18.3. The Bertz CT molecular complexity index is 265. The van der Waals surface area contributed by atoms with Crippen molar-refractivity contribution in [3.05, 3.63) is 0 Å². The summed E-state index contributed by atoms with van der Waals surface area (Å²) in [5.74, 6) is 0.738. The predicted molar refractivity (Wildman–Crippen MR) is 69.1 cm³/mol. The Morgan fingerprint density at radius 2 is 2.06 bits per heavy atom. The Balaban J connectivity index is 2.47. The van der Waals surface area contributed by atoms with E-state index in [-0.39, 0.29) is 18.9 Å². The maximum absolute atomic E-state index is 10.5. The zero-order chi connectivity index (χ0) is 13.7. The number of hydrogen-bond donors (Lipinski definition) is 2. The molecule has 1 aliphatic rings. The van der Waals surface area contributed by atoms with Crippen molar-refractivity contribution < 1.29 is 19.7 Å². The van der Waals surface area contributed by atoms with Gasteiger partial charge in [-0.25, -0.2) is 0 Å². The van der Waals surface area contributed by atoms with Crippen LogP contribution < -0.4 is 0 Å². The molecule has 0 aromatic rings. The summed E-state index contributed by atoms with van der Waals surface area (Å²) in [4.78, 5) is 10.5. The van der Waals surface area contributed by atoms with Crippen LogP contribution in [0.2, 0.25) is 0 Å². The lowest BCUT2D eigenvalue weighted by Crippen LogP contribution is -2.37. The zero-order valence-electron chi connectivity index (χ0n) is 11.6. The van der Waals surface area contributed by atoms with Gasteiger partial charge < -0.3 is 14.9 Å². The van der Waals surface area contributed by atoms with Gasteiger partial charge in [0, 0.05) is 6.42 Å². The molecule has 2 N–H and O–H groups in total. The summed E-state index contributed by atoms with van der Waals surface area (Å²) in [6.07, 6.45) is 2.56. The van der Waals surface area contributed by atoms with Crippen molar-refractivity contribution in [1.82, 2.24) is 0 Å². The van der Waals surface area contributed by atoms with Crippen LogP contribution in [0.5, 0.6) is 0 Å². The number of aliphatic carboxylic acids is 1.